The molecule has 2 rings (SSSR count). The maximum atomic E-state index is 13.5. The molecule has 9 heteroatoms. The van der Waals surface area contributed by atoms with Gasteiger partial charge in [0.1, 0.15) is 24.5 Å². The van der Waals surface area contributed by atoms with Gasteiger partial charge in [-0.3, -0.25) is 0 Å². The number of benzene rings is 1. The van der Waals surface area contributed by atoms with Crippen LogP contribution < -0.4 is 10.2 Å². The van der Waals surface area contributed by atoms with Crippen LogP contribution in [0.25, 0.3) is 0 Å². The number of hydrogen-bond donors (Lipinski definition) is 3. The number of carbonyl (C=O) groups is 1. The number of halogens is 1. The van der Waals surface area contributed by atoms with E-state index in [0.29, 0.717) is 0 Å². The van der Waals surface area contributed by atoms with Crippen molar-refractivity contribution in [2.75, 3.05) is 0 Å². The maximum Gasteiger partial charge on any atom is 0.491 e. The number of carboxylic acid groups (broad SMARTS) is 1. The first-order valence-corrected chi connectivity index (χ1v) is 5.52. The van der Waals surface area contributed by atoms with E-state index >= 15 is 0 Å². The summed E-state index contributed by atoms with van der Waals surface area (Å²) in [4.78, 5) is 14.5. The van der Waals surface area contributed by atoms with Gasteiger partial charge in [0.05, 0.1) is 11.9 Å². The Kier molecular flexibility index (Phi) is 4.01. The van der Waals surface area contributed by atoms with E-state index in [2.05, 4.69) is 4.98 Å². The fourth-order valence-electron chi connectivity index (χ4n) is 1.57. The van der Waals surface area contributed by atoms with Crippen molar-refractivity contribution in [3.8, 4) is 5.75 Å². The third-order valence-electron chi connectivity index (χ3n) is 2.56. The van der Waals surface area contributed by atoms with Crippen LogP contribution in [0.4, 0.5) is 9.18 Å². The molecule has 0 spiro atoms. The van der Waals surface area contributed by atoms with E-state index in [0.717, 1.165) is 17.0 Å². The molecule has 0 saturated heterocycles. The molecule has 0 bridgehead atoms. The van der Waals surface area contributed by atoms with Crippen LogP contribution in [0.5, 0.6) is 5.75 Å². The summed E-state index contributed by atoms with van der Waals surface area (Å²) in [6.07, 6.45) is 1.23. The topological polar surface area (TPSA) is 105 Å². The lowest BCUT2D eigenvalue weighted by Gasteiger charge is -2.08. The Bertz CT molecular complexity index is 631. The van der Waals surface area contributed by atoms with Crippen LogP contribution in [-0.2, 0) is 6.61 Å². The largest absolute Gasteiger partial charge is 0.491 e. The summed E-state index contributed by atoms with van der Waals surface area (Å²) in [7, 11) is -1.91. The highest BCUT2D eigenvalue weighted by molar-refractivity contribution is 6.58. The van der Waals surface area contributed by atoms with Crippen molar-refractivity contribution in [1.29, 1.82) is 0 Å². The number of aromatic nitrogens is 2. The zero-order valence-electron chi connectivity index (χ0n) is 10.1. The average molecular weight is 280 g/mol. The van der Waals surface area contributed by atoms with Crippen LogP contribution in [0.3, 0.4) is 0 Å². The Labute approximate surface area is 113 Å². The Morgan fingerprint density at radius 2 is 2.20 bits per heavy atom. The summed E-state index contributed by atoms with van der Waals surface area (Å²) < 4.78 is 19.6. The molecule has 0 unspecified atom stereocenters. The minimum atomic E-state index is -1.91. The Morgan fingerprint density at radius 1 is 1.45 bits per heavy atom. The van der Waals surface area contributed by atoms with Crippen LogP contribution in [-0.4, -0.2) is 37.9 Å². The fraction of sp³-hybridized carbons (Fsp3) is 0.0909. The summed E-state index contributed by atoms with van der Waals surface area (Å²) in [6, 6.07) is 3.50. The van der Waals surface area contributed by atoms with Crippen molar-refractivity contribution in [2.45, 2.75) is 6.61 Å². The Morgan fingerprint density at radius 3 is 2.80 bits per heavy atom. The van der Waals surface area contributed by atoms with Crippen LogP contribution in [0.1, 0.15) is 5.69 Å². The minimum absolute atomic E-state index is 0.118. The molecule has 0 saturated carbocycles. The predicted molar refractivity (Wildman–Crippen MR) is 66.2 cm³/mol. The number of imidazole rings is 1. The van der Waals surface area contributed by atoms with Crippen molar-refractivity contribution >= 4 is 18.7 Å². The monoisotopic (exact) mass is 280 g/mol. The molecule has 0 fully saturated rings. The van der Waals surface area contributed by atoms with Crippen LogP contribution >= 0.6 is 0 Å². The van der Waals surface area contributed by atoms with Gasteiger partial charge in [-0.1, -0.05) is 6.07 Å². The summed E-state index contributed by atoms with van der Waals surface area (Å²) in [5.41, 5.74) is 0.0112. The van der Waals surface area contributed by atoms with Gasteiger partial charge >= 0.3 is 13.2 Å². The molecule has 1 aromatic heterocycles. The van der Waals surface area contributed by atoms with Crippen LogP contribution in [0.2, 0.25) is 0 Å². The van der Waals surface area contributed by atoms with Crippen LogP contribution in [0, 0.1) is 5.82 Å². The van der Waals surface area contributed by atoms with E-state index in [1.54, 1.807) is 0 Å². The molecule has 0 aliphatic carbocycles. The molecule has 0 aliphatic heterocycles. The standard InChI is InChI=1S/C11H10BFN2O5/c13-10-3-8(1-2-9(10)12(18)19)20-5-7-4-14-6-15(7)11(16)17/h1-4,6,18-19H,5H2,(H,16,17). The minimum Gasteiger partial charge on any atom is -0.487 e. The van der Waals surface area contributed by atoms with Crippen molar-refractivity contribution in [1.82, 2.24) is 9.55 Å². The highest BCUT2D eigenvalue weighted by atomic mass is 19.1. The van der Waals surface area contributed by atoms with Crippen molar-refractivity contribution in [2.24, 2.45) is 0 Å². The van der Waals surface area contributed by atoms with Gasteiger partial charge in [0.2, 0.25) is 0 Å². The van der Waals surface area contributed by atoms with Gasteiger partial charge in [0.25, 0.3) is 0 Å². The second kappa shape index (κ2) is 5.72. The molecule has 1 aromatic carbocycles. The molecular weight excluding hydrogens is 270 g/mol. The SMILES string of the molecule is O=C(O)n1cncc1COc1ccc(B(O)O)c(F)c1. The number of rotatable bonds is 4. The zero-order chi connectivity index (χ0) is 14.7. The number of hydrogen-bond acceptors (Lipinski definition) is 5. The smallest absolute Gasteiger partial charge is 0.487 e. The van der Waals surface area contributed by atoms with Gasteiger partial charge in [-0.25, -0.2) is 18.7 Å². The number of ether oxygens (including phenoxy) is 1. The summed E-state index contributed by atoms with van der Waals surface area (Å²) in [5, 5.41) is 26.6. The van der Waals surface area contributed by atoms with E-state index in [9.17, 15) is 9.18 Å². The van der Waals surface area contributed by atoms with Gasteiger partial charge in [0, 0.05) is 11.5 Å². The molecule has 0 amide bonds. The van der Waals surface area contributed by atoms with E-state index in [1.807, 2.05) is 0 Å². The lowest BCUT2D eigenvalue weighted by atomic mass is 9.80. The molecule has 7 nitrogen and oxygen atoms in total. The molecule has 1 heterocycles. The first-order chi connectivity index (χ1) is 9.49. The molecule has 0 aliphatic rings. The predicted octanol–water partition coefficient (Wildman–Crippen LogP) is -0.193. The summed E-state index contributed by atoms with van der Waals surface area (Å²) in [5.74, 6) is -0.700. The first-order valence-electron chi connectivity index (χ1n) is 5.52. The quantitative estimate of drug-likeness (QED) is 0.670. The molecule has 104 valence electrons. The van der Waals surface area contributed by atoms with Gasteiger partial charge in [-0.05, 0) is 6.07 Å². The molecule has 0 atom stereocenters. The Hall–Kier alpha value is -2.39. The third kappa shape index (κ3) is 2.95. The lowest BCUT2D eigenvalue weighted by Crippen LogP contribution is -2.32. The van der Waals surface area contributed by atoms with E-state index in [1.165, 1.54) is 18.3 Å². The van der Waals surface area contributed by atoms with E-state index in [-0.39, 0.29) is 23.5 Å². The highest BCUT2D eigenvalue weighted by Gasteiger charge is 2.17. The molecule has 2 aromatic rings. The van der Waals surface area contributed by atoms with Crippen molar-refractivity contribution in [3.63, 3.8) is 0 Å². The molecule has 3 N–H and O–H groups in total. The maximum absolute atomic E-state index is 13.5. The lowest BCUT2D eigenvalue weighted by molar-refractivity contribution is 0.193. The second-order valence-electron chi connectivity index (χ2n) is 3.88. The molecule has 0 radical (unpaired) electrons. The second-order valence-corrected chi connectivity index (χ2v) is 3.88. The number of nitrogens with zero attached hydrogens (tertiary/aromatic N) is 2. The third-order valence-corrected chi connectivity index (χ3v) is 2.56. The van der Waals surface area contributed by atoms with E-state index in [4.69, 9.17) is 19.9 Å². The highest BCUT2D eigenvalue weighted by Crippen LogP contribution is 2.13. The van der Waals surface area contributed by atoms with Gasteiger partial charge in [-0.15, -0.1) is 0 Å². The first kappa shape index (κ1) is 14.0. The Balaban J connectivity index is 2.09. The zero-order valence-corrected chi connectivity index (χ0v) is 10.1. The van der Waals surface area contributed by atoms with Crippen LogP contribution in [0.15, 0.2) is 30.7 Å². The average Bonchev–Trinajstić information content (AvgIpc) is 2.84. The summed E-state index contributed by atoms with van der Waals surface area (Å²) >= 11 is 0. The van der Waals surface area contributed by atoms with Gasteiger partial charge in [0.15, 0.2) is 0 Å². The summed E-state index contributed by atoms with van der Waals surface area (Å²) in [6.45, 7) is -0.118. The van der Waals surface area contributed by atoms with Crippen molar-refractivity contribution < 1.29 is 29.1 Å². The van der Waals surface area contributed by atoms with Crippen molar-refractivity contribution in [3.05, 3.63) is 42.2 Å². The molecular formula is C11H10BFN2O5. The fourth-order valence-corrected chi connectivity index (χ4v) is 1.57. The van der Waals surface area contributed by atoms with E-state index < -0.39 is 19.0 Å². The van der Waals surface area contributed by atoms with Gasteiger partial charge < -0.3 is 19.9 Å². The normalized spacial score (nSPS) is 10.3. The molecule has 20 heavy (non-hydrogen) atoms. The van der Waals surface area contributed by atoms with Gasteiger partial charge in [-0.2, -0.15) is 0 Å².